The summed E-state index contributed by atoms with van der Waals surface area (Å²) in [6, 6.07) is 17.1. The van der Waals surface area contributed by atoms with Crippen LogP contribution in [0.4, 0.5) is 0 Å². The SMILES string of the molecule is C[Si](C)(CCCc1ccccc1O)O[Si](C)(C)O[Si](C)(C)O[Si](C)(C)O[Si](C)(C)O[Si](C)(C)O[Si](C)(C)O[Si](C)(C)O[Si](C)(C)O[Si](C)(C)CCCc1ccccc1O. The third-order valence-electron chi connectivity index (χ3n) is 8.92. The molecule has 0 saturated heterocycles. The Morgan fingerprint density at radius 2 is 0.525 bits per heavy atom. The van der Waals surface area contributed by atoms with Gasteiger partial charge < -0.3 is 47.2 Å². The van der Waals surface area contributed by atoms with Crippen LogP contribution in [0.3, 0.4) is 0 Å². The first-order chi connectivity index (χ1) is 26.3. The lowest BCUT2D eigenvalue weighted by atomic mass is 10.1. The molecule has 59 heavy (non-hydrogen) atoms. The van der Waals surface area contributed by atoms with Gasteiger partial charge in [0.1, 0.15) is 11.5 Å². The van der Waals surface area contributed by atoms with Crippen molar-refractivity contribution in [1.82, 2.24) is 0 Å². The molecule has 0 fully saturated rings. The monoisotopic (exact) mass is 994 g/mol. The number of hydrogen-bond acceptors (Lipinski definition) is 11. The number of rotatable bonds is 26. The van der Waals surface area contributed by atoms with Crippen molar-refractivity contribution < 1.29 is 47.2 Å². The largest absolute Gasteiger partial charge is 0.508 e. The summed E-state index contributed by atoms with van der Waals surface area (Å²) >= 11 is 0. The Morgan fingerprint density at radius 3 is 0.746 bits per heavy atom. The average molecular weight is 996 g/mol. The molecule has 2 aromatic rings. The number of aromatic hydroxyl groups is 2. The first kappa shape index (κ1) is 55.0. The summed E-state index contributed by atoms with van der Waals surface area (Å²) in [4.78, 5) is 0. The zero-order chi connectivity index (χ0) is 45.6. The van der Waals surface area contributed by atoms with E-state index < -0.39 is 85.1 Å². The van der Waals surface area contributed by atoms with Crippen molar-refractivity contribution in [3.63, 3.8) is 0 Å². The fourth-order valence-electron chi connectivity index (χ4n) is 8.60. The number of hydrogen-bond donors (Lipinski definition) is 2. The van der Waals surface area contributed by atoms with Crippen molar-refractivity contribution in [2.24, 2.45) is 0 Å². The van der Waals surface area contributed by atoms with Crippen molar-refractivity contribution in [2.75, 3.05) is 0 Å². The summed E-state index contributed by atoms with van der Waals surface area (Å²) in [6.07, 6.45) is 3.55. The van der Waals surface area contributed by atoms with Gasteiger partial charge in [-0.3, -0.25) is 0 Å². The van der Waals surface area contributed by atoms with E-state index in [-0.39, 0.29) is 0 Å². The van der Waals surface area contributed by atoms with Crippen LogP contribution >= 0.6 is 0 Å². The van der Waals surface area contributed by atoms with Crippen LogP contribution in [0.5, 0.6) is 11.5 Å². The molecule has 0 aliphatic rings. The molecule has 0 unspecified atom stereocenters. The van der Waals surface area contributed by atoms with Crippen LogP contribution in [-0.4, -0.2) is 95.3 Å². The smallest absolute Gasteiger partial charge is 0.314 e. The van der Waals surface area contributed by atoms with E-state index in [1.165, 1.54) is 0 Å². The van der Waals surface area contributed by atoms with E-state index in [1.807, 2.05) is 36.4 Å². The molecule has 21 heteroatoms. The average Bonchev–Trinajstić information content (AvgIpc) is 2.93. The highest BCUT2D eigenvalue weighted by atomic mass is 28.5. The van der Waals surface area contributed by atoms with Crippen LogP contribution in [0.2, 0.25) is 143 Å². The predicted octanol–water partition coefficient (Wildman–Crippen LogP) is 11.8. The van der Waals surface area contributed by atoms with Gasteiger partial charge in [0.25, 0.3) is 0 Å². The number of aryl methyl sites for hydroxylation is 2. The Balaban J connectivity index is 1.95. The van der Waals surface area contributed by atoms with Gasteiger partial charge in [-0.25, -0.2) is 0 Å². The third-order valence-corrected chi connectivity index (χ3v) is 47.9. The van der Waals surface area contributed by atoms with Crippen molar-refractivity contribution in [1.29, 1.82) is 0 Å². The van der Waals surface area contributed by atoms with Crippen LogP contribution in [0.25, 0.3) is 0 Å². The van der Waals surface area contributed by atoms with Gasteiger partial charge in [-0.15, -0.1) is 0 Å². The molecule has 0 bridgehead atoms. The van der Waals surface area contributed by atoms with E-state index >= 15 is 0 Å². The molecule has 11 nitrogen and oxygen atoms in total. The van der Waals surface area contributed by atoms with Crippen molar-refractivity contribution >= 4 is 85.1 Å². The standard InChI is InChI=1S/C38H82O11Si10/c1-50(2,33-25-29-35-27-21-23-31-37(35)39)41-52(5,6)43-54(9,10)45-56(13,14)47-58(17,18)49-59(19,20)48-57(15,16)46-55(11,12)44-53(7,8)42-51(3,4)34-26-30-36-28-22-24-32-38(36)40/h21-24,27-28,31-32,39-40H,25-26,29-30,33-34H2,1-20H3. The zero-order valence-electron chi connectivity index (χ0n) is 40.4. The highest BCUT2D eigenvalue weighted by Gasteiger charge is 2.50. The minimum Gasteiger partial charge on any atom is -0.508 e. The number of para-hydroxylation sites is 2. The summed E-state index contributed by atoms with van der Waals surface area (Å²) in [7, 11) is -25.5. The van der Waals surface area contributed by atoms with E-state index in [0.29, 0.717) is 11.5 Å². The molecule has 2 N–H and O–H groups in total. The Morgan fingerprint density at radius 1 is 0.322 bits per heavy atom. The lowest BCUT2D eigenvalue weighted by Crippen LogP contribution is -2.62. The predicted molar refractivity (Wildman–Crippen MR) is 267 cm³/mol. The fourth-order valence-corrected chi connectivity index (χ4v) is 59.6. The van der Waals surface area contributed by atoms with Crippen LogP contribution in [0.1, 0.15) is 24.0 Å². The van der Waals surface area contributed by atoms with Gasteiger partial charge in [-0.2, -0.15) is 0 Å². The summed E-state index contributed by atoms with van der Waals surface area (Å²) < 4.78 is 61.5. The van der Waals surface area contributed by atoms with Crippen LogP contribution in [0, 0.1) is 0 Å². The van der Waals surface area contributed by atoms with E-state index in [2.05, 4.69) is 131 Å². The van der Waals surface area contributed by atoms with Crippen molar-refractivity contribution in [3.8, 4) is 11.5 Å². The number of benzene rings is 2. The van der Waals surface area contributed by atoms with E-state index in [4.69, 9.17) is 37.0 Å². The van der Waals surface area contributed by atoms with Gasteiger partial charge in [-0.05, 0) is 192 Å². The molecule has 2 aromatic carbocycles. The molecule has 0 heterocycles. The molecule has 2 rings (SSSR count). The number of phenols is 2. The highest BCUT2D eigenvalue weighted by Crippen LogP contribution is 2.32. The summed E-state index contributed by atoms with van der Waals surface area (Å²) in [5.41, 5.74) is 1.95. The highest BCUT2D eigenvalue weighted by molar-refractivity contribution is 6.93. The summed E-state index contributed by atoms with van der Waals surface area (Å²) in [5, 5.41) is 20.4. The van der Waals surface area contributed by atoms with Gasteiger partial charge in [0.05, 0.1) is 0 Å². The molecule has 0 spiro atoms. The molecule has 0 radical (unpaired) electrons. The number of phenolic OH excluding ortho intramolecular Hbond substituents is 2. The second-order valence-electron chi connectivity index (χ2n) is 20.6. The van der Waals surface area contributed by atoms with E-state index in [9.17, 15) is 10.2 Å². The Bertz CT molecular complexity index is 1520. The van der Waals surface area contributed by atoms with E-state index in [1.54, 1.807) is 12.1 Å². The van der Waals surface area contributed by atoms with Crippen molar-refractivity contribution in [3.05, 3.63) is 59.7 Å². The van der Waals surface area contributed by atoms with Gasteiger partial charge >= 0.3 is 68.5 Å². The molecule has 0 aromatic heterocycles. The molecule has 0 aliphatic carbocycles. The normalized spacial score (nSPS) is 14.6. The fraction of sp³-hybridized carbons (Fsp3) is 0.684. The van der Waals surface area contributed by atoms with Gasteiger partial charge in [0, 0.05) is 0 Å². The lowest BCUT2D eigenvalue weighted by Gasteiger charge is -2.44. The maximum Gasteiger partial charge on any atom is 0.314 e. The molecule has 340 valence electrons. The van der Waals surface area contributed by atoms with Crippen molar-refractivity contribution in [2.45, 2.75) is 169 Å². The summed E-state index contributed by atoms with van der Waals surface area (Å²) in [5.74, 6) is 0.712. The maximum atomic E-state index is 10.2. The zero-order valence-corrected chi connectivity index (χ0v) is 50.4. The van der Waals surface area contributed by atoms with Crippen LogP contribution in [-0.2, 0) is 49.9 Å². The van der Waals surface area contributed by atoms with Gasteiger partial charge in [0.2, 0.25) is 0 Å². The lowest BCUT2D eigenvalue weighted by molar-refractivity contribution is 0.257. The minimum atomic E-state index is -2.74. The second kappa shape index (κ2) is 20.8. The Kier molecular flexibility index (Phi) is 19.4. The Hall–Kier alpha value is -0.151. The van der Waals surface area contributed by atoms with E-state index in [0.717, 1.165) is 48.9 Å². The topological polar surface area (TPSA) is 124 Å². The van der Waals surface area contributed by atoms with Gasteiger partial charge in [-0.1, -0.05) is 36.4 Å². The molecule has 0 atom stereocenters. The first-order valence-corrected chi connectivity index (χ1v) is 50.0. The summed E-state index contributed by atoms with van der Waals surface area (Å²) in [6.45, 7) is 42.4. The second-order valence-corrected chi connectivity index (χ2v) is 58.4. The minimum absolute atomic E-state index is 0.356. The maximum absolute atomic E-state index is 10.2. The molecular weight excluding hydrogens is 913 g/mol. The molecule has 0 saturated carbocycles. The Labute approximate surface area is 370 Å². The molecule has 0 amide bonds. The van der Waals surface area contributed by atoms with Gasteiger partial charge in [0.15, 0.2) is 16.6 Å². The van der Waals surface area contributed by atoms with Crippen LogP contribution in [0.15, 0.2) is 48.5 Å². The first-order valence-electron chi connectivity index (χ1n) is 21.2. The third kappa shape index (κ3) is 22.4. The molecule has 0 aliphatic heterocycles. The molecular formula is C38H82O11Si10. The van der Waals surface area contributed by atoms with Crippen LogP contribution < -0.4 is 0 Å². The quantitative estimate of drug-likeness (QED) is 0.0876.